The molecule has 5 heteroatoms. The highest BCUT2D eigenvalue weighted by Gasteiger charge is 2.51. The molecule has 4 fully saturated rings. The van der Waals surface area contributed by atoms with Crippen LogP contribution in [0.2, 0.25) is 0 Å². The van der Waals surface area contributed by atoms with Crippen LogP contribution in [-0.4, -0.2) is 28.5 Å². The summed E-state index contributed by atoms with van der Waals surface area (Å²) in [6.45, 7) is 6.15. The number of nitrogens with one attached hydrogen (secondary N) is 2. The second kappa shape index (κ2) is 6.66. The zero-order chi connectivity index (χ0) is 16.6. The molecule has 4 nitrogen and oxygen atoms in total. The van der Waals surface area contributed by atoms with Gasteiger partial charge in [0.25, 0.3) is 0 Å². The molecule has 4 bridgehead atoms. The fourth-order valence-corrected chi connectivity index (χ4v) is 6.05. The average Bonchev–Trinajstić information content (AvgIpc) is 2.42. The summed E-state index contributed by atoms with van der Waals surface area (Å²) >= 11 is 1.61. The van der Waals surface area contributed by atoms with Crippen molar-refractivity contribution in [1.82, 2.24) is 10.6 Å². The van der Waals surface area contributed by atoms with E-state index in [9.17, 15) is 9.59 Å². The highest BCUT2D eigenvalue weighted by atomic mass is 32.2. The van der Waals surface area contributed by atoms with Crippen LogP contribution in [0.25, 0.3) is 0 Å². The van der Waals surface area contributed by atoms with Gasteiger partial charge in [-0.15, -0.1) is 11.8 Å². The van der Waals surface area contributed by atoms with Gasteiger partial charge in [-0.05, 0) is 74.9 Å². The third kappa shape index (κ3) is 4.04. The molecule has 4 aliphatic rings. The van der Waals surface area contributed by atoms with Crippen LogP contribution >= 0.6 is 11.8 Å². The van der Waals surface area contributed by atoms with E-state index in [4.69, 9.17) is 0 Å². The second-order valence-corrected chi connectivity index (χ2v) is 9.88. The highest BCUT2D eigenvalue weighted by molar-refractivity contribution is 8.00. The minimum atomic E-state index is -0.283. The van der Waals surface area contributed by atoms with Gasteiger partial charge in [0.15, 0.2) is 0 Å². The predicted octanol–water partition coefficient (Wildman–Crippen LogP) is 3.56. The Bertz CT molecular complexity index is 442. The lowest BCUT2D eigenvalue weighted by atomic mass is 9.53. The molecule has 0 aromatic rings. The first-order valence-corrected chi connectivity index (χ1v) is 10.1. The van der Waals surface area contributed by atoms with Crippen LogP contribution < -0.4 is 10.6 Å². The summed E-state index contributed by atoms with van der Waals surface area (Å²) in [5.74, 6) is 3.69. The van der Waals surface area contributed by atoms with Crippen LogP contribution in [0.5, 0.6) is 0 Å². The summed E-state index contributed by atoms with van der Waals surface area (Å²) in [5, 5.41) is 5.58. The summed E-state index contributed by atoms with van der Waals surface area (Å²) in [4.78, 5) is 24.5. The van der Waals surface area contributed by atoms with E-state index in [-0.39, 0.29) is 22.7 Å². The van der Waals surface area contributed by atoms with Crippen LogP contribution in [0.3, 0.4) is 0 Å². The lowest BCUT2D eigenvalue weighted by Gasteiger charge is -2.56. The van der Waals surface area contributed by atoms with Crippen molar-refractivity contribution in [3.63, 3.8) is 0 Å². The molecule has 0 saturated heterocycles. The maximum Gasteiger partial charge on any atom is 0.321 e. The maximum absolute atomic E-state index is 12.3. The maximum atomic E-state index is 12.3. The Morgan fingerprint density at radius 2 is 1.57 bits per heavy atom. The first kappa shape index (κ1) is 17.1. The summed E-state index contributed by atoms with van der Waals surface area (Å²) < 4.78 is 0. The van der Waals surface area contributed by atoms with Gasteiger partial charge in [-0.3, -0.25) is 10.1 Å². The summed E-state index contributed by atoms with van der Waals surface area (Å²) in [5.41, 5.74) is -0.0343. The van der Waals surface area contributed by atoms with Crippen molar-refractivity contribution in [2.45, 2.75) is 70.1 Å². The predicted molar refractivity (Wildman–Crippen MR) is 94.3 cm³/mol. The monoisotopic (exact) mass is 338 g/mol. The van der Waals surface area contributed by atoms with Crippen molar-refractivity contribution in [3.05, 3.63) is 0 Å². The van der Waals surface area contributed by atoms with Crippen molar-refractivity contribution in [1.29, 1.82) is 0 Å². The van der Waals surface area contributed by atoms with Gasteiger partial charge in [0.1, 0.15) is 0 Å². The van der Waals surface area contributed by atoms with E-state index >= 15 is 0 Å². The zero-order valence-electron chi connectivity index (χ0n) is 14.6. The Morgan fingerprint density at radius 1 is 1.04 bits per heavy atom. The van der Waals surface area contributed by atoms with Gasteiger partial charge in [-0.1, -0.05) is 13.8 Å². The Kier molecular flexibility index (Phi) is 4.96. The Hall–Kier alpha value is -0.710. The summed E-state index contributed by atoms with van der Waals surface area (Å²) in [6.07, 6.45) is 7.38. The number of thioether (sulfide) groups is 1. The smallest absolute Gasteiger partial charge is 0.321 e. The van der Waals surface area contributed by atoms with Gasteiger partial charge in [0.05, 0.1) is 5.25 Å². The molecule has 1 unspecified atom stereocenters. The van der Waals surface area contributed by atoms with Gasteiger partial charge < -0.3 is 5.32 Å². The van der Waals surface area contributed by atoms with Crippen molar-refractivity contribution in [2.75, 3.05) is 5.75 Å². The first-order valence-electron chi connectivity index (χ1n) is 9.10. The number of rotatable bonds is 5. The van der Waals surface area contributed by atoms with E-state index in [1.54, 1.807) is 11.8 Å². The van der Waals surface area contributed by atoms with Crippen LogP contribution in [0, 0.1) is 23.7 Å². The van der Waals surface area contributed by atoms with E-state index in [0.29, 0.717) is 5.92 Å². The fraction of sp³-hybridized carbons (Fsp3) is 0.889. The molecular weight excluding hydrogens is 308 g/mol. The van der Waals surface area contributed by atoms with Gasteiger partial charge >= 0.3 is 6.03 Å². The molecule has 0 aliphatic heterocycles. The van der Waals surface area contributed by atoms with Gasteiger partial charge in [-0.2, -0.15) is 0 Å². The lowest BCUT2D eigenvalue weighted by molar-refractivity contribution is -0.119. The van der Waals surface area contributed by atoms with Gasteiger partial charge in [-0.25, -0.2) is 4.79 Å². The van der Waals surface area contributed by atoms with Crippen LogP contribution in [-0.2, 0) is 4.79 Å². The number of carbonyl (C=O) groups excluding carboxylic acids is 2. The molecule has 1 atom stereocenters. The number of amides is 3. The van der Waals surface area contributed by atoms with E-state index in [1.165, 1.54) is 19.3 Å². The number of carbonyl (C=O) groups is 2. The molecule has 0 radical (unpaired) electrons. The molecule has 3 amide bonds. The number of urea groups is 1. The molecule has 4 aliphatic carbocycles. The average molecular weight is 339 g/mol. The Morgan fingerprint density at radius 3 is 2.04 bits per heavy atom. The zero-order valence-corrected chi connectivity index (χ0v) is 15.4. The molecule has 0 aromatic carbocycles. The number of imide groups is 1. The first-order chi connectivity index (χ1) is 10.8. The molecule has 0 aromatic heterocycles. The highest BCUT2D eigenvalue weighted by Crippen LogP contribution is 2.55. The van der Waals surface area contributed by atoms with Gasteiger partial charge in [0, 0.05) is 5.54 Å². The normalized spacial score (nSPS) is 36.1. The van der Waals surface area contributed by atoms with Crippen LogP contribution in [0.1, 0.15) is 59.3 Å². The minimum Gasteiger partial charge on any atom is -0.332 e. The fourth-order valence-electron chi connectivity index (χ4n) is 5.16. The molecule has 2 N–H and O–H groups in total. The minimum absolute atomic E-state index is 0.0343. The van der Waals surface area contributed by atoms with E-state index < -0.39 is 0 Å². The van der Waals surface area contributed by atoms with E-state index in [0.717, 1.165) is 42.8 Å². The quantitative estimate of drug-likeness (QED) is 0.806. The Labute approximate surface area is 143 Å². The standard InChI is InChI=1S/C18H30N2O2S/c1-11(2)10-23-12(3)16(21)19-17(22)20-18-7-13-4-14(8-18)6-15(5-13)9-18/h11-15H,4-10H2,1-3H3,(H2,19,20,21,22). The molecular formula is C18H30N2O2S. The van der Waals surface area contributed by atoms with Crippen molar-refractivity contribution < 1.29 is 9.59 Å². The van der Waals surface area contributed by atoms with Crippen LogP contribution in [0.15, 0.2) is 0 Å². The second-order valence-electron chi connectivity index (χ2n) is 8.51. The Balaban J connectivity index is 1.50. The number of hydrogen-bond acceptors (Lipinski definition) is 3. The van der Waals surface area contributed by atoms with Crippen LogP contribution in [0.4, 0.5) is 4.79 Å². The van der Waals surface area contributed by atoms with Crippen molar-refractivity contribution in [3.8, 4) is 0 Å². The molecule has 4 saturated carbocycles. The SMILES string of the molecule is CC(C)CSC(C)C(=O)NC(=O)NC12CC3CC(CC(C3)C1)C2. The third-order valence-electron chi connectivity index (χ3n) is 5.70. The summed E-state index contributed by atoms with van der Waals surface area (Å²) in [7, 11) is 0. The van der Waals surface area contributed by atoms with E-state index in [1.807, 2.05) is 6.92 Å². The van der Waals surface area contributed by atoms with Gasteiger partial charge in [0.2, 0.25) is 5.91 Å². The largest absolute Gasteiger partial charge is 0.332 e. The third-order valence-corrected chi connectivity index (χ3v) is 7.28. The molecule has 23 heavy (non-hydrogen) atoms. The van der Waals surface area contributed by atoms with E-state index in [2.05, 4.69) is 24.5 Å². The summed E-state index contributed by atoms with van der Waals surface area (Å²) in [6, 6.07) is -0.283. The van der Waals surface area contributed by atoms with Crippen molar-refractivity contribution >= 4 is 23.7 Å². The topological polar surface area (TPSA) is 58.2 Å². The molecule has 130 valence electrons. The molecule has 4 rings (SSSR count). The van der Waals surface area contributed by atoms with Crippen molar-refractivity contribution in [2.24, 2.45) is 23.7 Å². The lowest BCUT2D eigenvalue weighted by Crippen LogP contribution is -2.62. The molecule has 0 heterocycles. The number of hydrogen-bond donors (Lipinski definition) is 2. The molecule has 0 spiro atoms.